The quantitative estimate of drug-likeness (QED) is 0.755. The molecule has 3 rings (SSSR count). The smallest absolute Gasteiger partial charge is 0.141 e. The van der Waals surface area contributed by atoms with E-state index in [0.717, 1.165) is 28.6 Å². The van der Waals surface area contributed by atoms with E-state index in [9.17, 15) is 5.11 Å². The molecule has 1 aromatic carbocycles. The summed E-state index contributed by atoms with van der Waals surface area (Å²) in [6, 6.07) is 10.3. The SMILES string of the molecule is CN[C@H](C)C/C=C/c1cncc(-n2cc(O)c3ccccc32)c1. The highest BCUT2D eigenvalue weighted by Gasteiger charge is 2.08. The molecule has 118 valence electrons. The summed E-state index contributed by atoms with van der Waals surface area (Å²) in [5, 5.41) is 14.1. The van der Waals surface area contributed by atoms with Crippen molar-refractivity contribution >= 4 is 17.0 Å². The molecule has 0 saturated carbocycles. The van der Waals surface area contributed by atoms with Crippen molar-refractivity contribution in [2.24, 2.45) is 0 Å². The molecule has 0 aliphatic carbocycles. The van der Waals surface area contributed by atoms with E-state index < -0.39 is 0 Å². The van der Waals surface area contributed by atoms with Crippen LogP contribution in [-0.4, -0.2) is 27.7 Å². The number of nitrogens with zero attached hydrogens (tertiary/aromatic N) is 2. The van der Waals surface area contributed by atoms with Crippen molar-refractivity contribution in [3.8, 4) is 11.4 Å². The lowest BCUT2D eigenvalue weighted by Crippen LogP contribution is -2.19. The topological polar surface area (TPSA) is 50.1 Å². The van der Waals surface area contributed by atoms with Gasteiger partial charge in [0.15, 0.2) is 0 Å². The summed E-state index contributed by atoms with van der Waals surface area (Å²) in [5.41, 5.74) is 2.95. The molecule has 4 nitrogen and oxygen atoms in total. The molecule has 3 aromatic rings. The van der Waals surface area contributed by atoms with Gasteiger partial charge >= 0.3 is 0 Å². The molecule has 2 aromatic heterocycles. The summed E-state index contributed by atoms with van der Waals surface area (Å²) >= 11 is 0. The van der Waals surface area contributed by atoms with E-state index in [1.54, 1.807) is 12.4 Å². The van der Waals surface area contributed by atoms with Gasteiger partial charge in [-0.25, -0.2) is 0 Å². The van der Waals surface area contributed by atoms with Gasteiger partial charge in [0.1, 0.15) is 5.75 Å². The molecule has 0 bridgehead atoms. The molecular weight excluding hydrogens is 286 g/mol. The summed E-state index contributed by atoms with van der Waals surface area (Å²) in [7, 11) is 1.96. The molecule has 0 unspecified atom stereocenters. The molecule has 0 radical (unpaired) electrons. The number of benzene rings is 1. The fraction of sp³-hybridized carbons (Fsp3) is 0.211. The van der Waals surface area contributed by atoms with Gasteiger partial charge in [-0.2, -0.15) is 0 Å². The summed E-state index contributed by atoms with van der Waals surface area (Å²) in [4.78, 5) is 4.33. The molecule has 0 saturated heterocycles. The zero-order valence-corrected chi connectivity index (χ0v) is 13.4. The van der Waals surface area contributed by atoms with Crippen LogP contribution in [0.5, 0.6) is 5.75 Å². The van der Waals surface area contributed by atoms with Crippen molar-refractivity contribution in [3.63, 3.8) is 0 Å². The molecule has 4 heteroatoms. The van der Waals surface area contributed by atoms with Gasteiger partial charge in [0.2, 0.25) is 0 Å². The summed E-state index contributed by atoms with van der Waals surface area (Å²) < 4.78 is 1.96. The van der Waals surface area contributed by atoms with Crippen molar-refractivity contribution in [3.05, 3.63) is 60.6 Å². The average Bonchev–Trinajstić information content (AvgIpc) is 2.92. The van der Waals surface area contributed by atoms with E-state index in [2.05, 4.69) is 35.4 Å². The maximum Gasteiger partial charge on any atom is 0.141 e. The maximum absolute atomic E-state index is 10.1. The third-order valence-electron chi connectivity index (χ3n) is 4.01. The molecule has 2 heterocycles. The molecule has 23 heavy (non-hydrogen) atoms. The van der Waals surface area contributed by atoms with Gasteiger partial charge in [-0.1, -0.05) is 24.3 Å². The number of pyridine rings is 1. The Kier molecular flexibility index (Phi) is 4.44. The van der Waals surface area contributed by atoms with Crippen LogP contribution in [0.4, 0.5) is 0 Å². The number of aromatic nitrogens is 2. The molecule has 0 aliphatic rings. The third kappa shape index (κ3) is 3.27. The van der Waals surface area contributed by atoms with Gasteiger partial charge in [0.05, 0.1) is 23.6 Å². The van der Waals surface area contributed by atoms with E-state index in [-0.39, 0.29) is 5.75 Å². The second-order valence-corrected chi connectivity index (χ2v) is 5.71. The van der Waals surface area contributed by atoms with Gasteiger partial charge in [0.25, 0.3) is 0 Å². The predicted molar refractivity (Wildman–Crippen MR) is 94.9 cm³/mol. The van der Waals surface area contributed by atoms with Crippen molar-refractivity contribution in [1.82, 2.24) is 14.9 Å². The normalized spacial score (nSPS) is 13.0. The second-order valence-electron chi connectivity index (χ2n) is 5.71. The van der Waals surface area contributed by atoms with Crippen LogP contribution >= 0.6 is 0 Å². The van der Waals surface area contributed by atoms with E-state index in [4.69, 9.17) is 0 Å². The molecule has 2 N–H and O–H groups in total. The van der Waals surface area contributed by atoms with E-state index >= 15 is 0 Å². The van der Waals surface area contributed by atoms with Crippen LogP contribution in [0.1, 0.15) is 18.9 Å². The number of fused-ring (bicyclic) bond motifs is 1. The molecular formula is C19H21N3O. The zero-order chi connectivity index (χ0) is 16.2. The van der Waals surface area contributed by atoms with Crippen molar-refractivity contribution in [2.45, 2.75) is 19.4 Å². The fourth-order valence-corrected chi connectivity index (χ4v) is 2.57. The van der Waals surface area contributed by atoms with Crippen LogP contribution in [0.3, 0.4) is 0 Å². The highest BCUT2D eigenvalue weighted by Crippen LogP contribution is 2.29. The van der Waals surface area contributed by atoms with E-state index in [1.807, 2.05) is 42.1 Å². The minimum absolute atomic E-state index is 0.282. The lowest BCUT2D eigenvalue weighted by molar-refractivity contribution is 0.480. The lowest BCUT2D eigenvalue weighted by atomic mass is 10.2. The fourth-order valence-electron chi connectivity index (χ4n) is 2.57. The summed E-state index contributed by atoms with van der Waals surface area (Å²) in [6.07, 6.45) is 10.6. The standard InChI is InChI=1S/C19H21N3O/c1-14(20-2)6-5-7-15-10-16(12-21-11-15)22-13-19(23)17-8-3-4-9-18(17)22/h3-5,7-14,20,23H,6H2,1-2H3/b7-5+/t14-/m1/s1. The van der Waals surface area contributed by atoms with Crippen molar-refractivity contribution in [2.75, 3.05) is 7.05 Å². The van der Waals surface area contributed by atoms with Crippen molar-refractivity contribution < 1.29 is 5.11 Å². The average molecular weight is 307 g/mol. The first-order chi connectivity index (χ1) is 11.2. The van der Waals surface area contributed by atoms with Crippen LogP contribution in [0.2, 0.25) is 0 Å². The number of rotatable bonds is 5. The summed E-state index contributed by atoms with van der Waals surface area (Å²) in [5.74, 6) is 0.282. The minimum atomic E-state index is 0.282. The van der Waals surface area contributed by atoms with Gasteiger partial charge in [-0.05, 0) is 44.2 Å². The molecule has 0 aliphatic heterocycles. The van der Waals surface area contributed by atoms with Crippen molar-refractivity contribution in [1.29, 1.82) is 0 Å². The van der Waals surface area contributed by atoms with Crippen LogP contribution in [-0.2, 0) is 0 Å². The first-order valence-electron chi connectivity index (χ1n) is 7.77. The monoisotopic (exact) mass is 307 g/mol. The Labute approximate surface area is 136 Å². The first kappa shape index (κ1) is 15.3. The number of aromatic hydroxyl groups is 1. The third-order valence-corrected chi connectivity index (χ3v) is 4.01. The number of nitrogens with one attached hydrogen (secondary N) is 1. The van der Waals surface area contributed by atoms with Gasteiger partial charge in [-0.3, -0.25) is 4.98 Å². The first-order valence-corrected chi connectivity index (χ1v) is 7.77. The minimum Gasteiger partial charge on any atom is -0.506 e. The Bertz CT molecular complexity index is 836. The number of hydrogen-bond acceptors (Lipinski definition) is 3. The van der Waals surface area contributed by atoms with Gasteiger partial charge in [0, 0.05) is 17.6 Å². The number of para-hydroxylation sites is 1. The predicted octanol–water partition coefficient (Wildman–Crippen LogP) is 3.74. The highest BCUT2D eigenvalue weighted by atomic mass is 16.3. The Morgan fingerprint density at radius 2 is 2.13 bits per heavy atom. The molecule has 1 atom stereocenters. The maximum atomic E-state index is 10.1. The largest absolute Gasteiger partial charge is 0.506 e. The van der Waals surface area contributed by atoms with Crippen LogP contribution in [0, 0.1) is 0 Å². The molecule has 0 fully saturated rings. The zero-order valence-electron chi connectivity index (χ0n) is 13.4. The van der Waals surface area contributed by atoms with Crippen LogP contribution in [0.25, 0.3) is 22.7 Å². The lowest BCUT2D eigenvalue weighted by Gasteiger charge is -2.06. The van der Waals surface area contributed by atoms with E-state index in [1.165, 1.54) is 0 Å². The highest BCUT2D eigenvalue weighted by molar-refractivity contribution is 5.88. The Morgan fingerprint density at radius 3 is 2.96 bits per heavy atom. The van der Waals surface area contributed by atoms with Gasteiger partial charge in [-0.15, -0.1) is 0 Å². The Hall–Kier alpha value is -2.59. The second kappa shape index (κ2) is 6.67. The van der Waals surface area contributed by atoms with Crippen LogP contribution < -0.4 is 5.32 Å². The molecule has 0 amide bonds. The number of hydrogen-bond donors (Lipinski definition) is 2. The Balaban J connectivity index is 1.93. The summed E-state index contributed by atoms with van der Waals surface area (Å²) in [6.45, 7) is 2.15. The Morgan fingerprint density at radius 1 is 1.30 bits per heavy atom. The van der Waals surface area contributed by atoms with Crippen LogP contribution in [0.15, 0.2) is 55.0 Å². The van der Waals surface area contributed by atoms with E-state index in [0.29, 0.717) is 6.04 Å². The molecule has 0 spiro atoms. The van der Waals surface area contributed by atoms with Gasteiger partial charge < -0.3 is 15.0 Å².